The lowest BCUT2D eigenvalue weighted by Gasteiger charge is -2.35. The Morgan fingerprint density at radius 1 is 1.30 bits per heavy atom. The van der Waals surface area contributed by atoms with Crippen LogP contribution in [0.25, 0.3) is 0 Å². The molecule has 4 rings (SSSR count). The minimum atomic E-state index is -0.233. The molecule has 0 saturated heterocycles. The number of nitrogens with one attached hydrogen (secondary N) is 1. The lowest BCUT2D eigenvalue weighted by molar-refractivity contribution is 0.182. The molecule has 1 aromatic rings. The molecule has 106 valence electrons. The molecule has 0 spiro atoms. The van der Waals surface area contributed by atoms with Crippen molar-refractivity contribution in [2.75, 3.05) is 0 Å². The van der Waals surface area contributed by atoms with Crippen molar-refractivity contribution in [2.45, 2.75) is 45.2 Å². The third-order valence-corrected chi connectivity index (χ3v) is 5.86. The van der Waals surface area contributed by atoms with Crippen molar-refractivity contribution < 1.29 is 4.39 Å². The molecule has 2 aliphatic carbocycles. The maximum Gasteiger partial charge on any atom is 0.129 e. The number of benzene rings is 1. The van der Waals surface area contributed by atoms with E-state index in [0.29, 0.717) is 11.9 Å². The van der Waals surface area contributed by atoms with Crippen molar-refractivity contribution in [3.8, 4) is 0 Å². The SMILES string of the molecule is CC(C1CC2CCC1C2)N1Cc2ccc(F)cc2C1=N. The van der Waals surface area contributed by atoms with Crippen LogP contribution >= 0.6 is 0 Å². The summed E-state index contributed by atoms with van der Waals surface area (Å²) in [6.07, 6.45) is 5.53. The van der Waals surface area contributed by atoms with Crippen LogP contribution in [0.2, 0.25) is 0 Å². The van der Waals surface area contributed by atoms with Crippen molar-refractivity contribution in [1.82, 2.24) is 4.90 Å². The Balaban J connectivity index is 1.57. The van der Waals surface area contributed by atoms with E-state index in [1.807, 2.05) is 6.07 Å². The van der Waals surface area contributed by atoms with Gasteiger partial charge in [0.2, 0.25) is 0 Å². The van der Waals surface area contributed by atoms with Crippen LogP contribution in [0.4, 0.5) is 4.39 Å². The first kappa shape index (κ1) is 12.4. The molecule has 20 heavy (non-hydrogen) atoms. The van der Waals surface area contributed by atoms with Gasteiger partial charge < -0.3 is 4.90 Å². The van der Waals surface area contributed by atoms with E-state index in [2.05, 4.69) is 11.8 Å². The molecular weight excluding hydrogens is 251 g/mol. The summed E-state index contributed by atoms with van der Waals surface area (Å²) in [5.74, 6) is 2.82. The zero-order valence-electron chi connectivity index (χ0n) is 11.9. The minimum absolute atomic E-state index is 0.233. The van der Waals surface area contributed by atoms with Gasteiger partial charge in [0.1, 0.15) is 11.7 Å². The van der Waals surface area contributed by atoms with Crippen molar-refractivity contribution >= 4 is 5.84 Å². The summed E-state index contributed by atoms with van der Waals surface area (Å²) in [6, 6.07) is 5.28. The first-order valence-corrected chi connectivity index (χ1v) is 7.77. The molecule has 0 amide bonds. The number of hydrogen-bond acceptors (Lipinski definition) is 1. The second-order valence-electron chi connectivity index (χ2n) is 6.86. The molecule has 3 aliphatic rings. The number of fused-ring (bicyclic) bond motifs is 3. The van der Waals surface area contributed by atoms with E-state index < -0.39 is 0 Å². The third-order valence-electron chi connectivity index (χ3n) is 5.86. The van der Waals surface area contributed by atoms with E-state index in [9.17, 15) is 4.39 Å². The normalized spacial score (nSPS) is 32.8. The summed E-state index contributed by atoms with van der Waals surface area (Å²) in [6.45, 7) is 3.05. The lowest BCUT2D eigenvalue weighted by atomic mass is 9.83. The summed E-state index contributed by atoms with van der Waals surface area (Å²) < 4.78 is 13.4. The largest absolute Gasteiger partial charge is 0.349 e. The van der Waals surface area contributed by atoms with Crippen LogP contribution in [0.5, 0.6) is 0 Å². The highest BCUT2D eigenvalue weighted by Gasteiger charge is 2.44. The van der Waals surface area contributed by atoms with Gasteiger partial charge in [-0.2, -0.15) is 0 Å². The summed E-state index contributed by atoms with van der Waals surface area (Å²) >= 11 is 0. The highest BCUT2D eigenvalue weighted by Crippen LogP contribution is 2.50. The quantitative estimate of drug-likeness (QED) is 0.871. The maximum absolute atomic E-state index is 13.4. The van der Waals surface area contributed by atoms with Crippen LogP contribution in [0, 0.1) is 29.0 Å². The number of halogens is 1. The smallest absolute Gasteiger partial charge is 0.129 e. The Labute approximate surface area is 119 Å². The average Bonchev–Trinajstić information content (AvgIpc) is 3.13. The Morgan fingerprint density at radius 2 is 2.15 bits per heavy atom. The summed E-state index contributed by atoms with van der Waals surface area (Å²) in [7, 11) is 0. The van der Waals surface area contributed by atoms with Crippen LogP contribution in [-0.2, 0) is 6.54 Å². The summed E-state index contributed by atoms with van der Waals surface area (Å²) in [4.78, 5) is 2.19. The Bertz CT molecular complexity index is 568. The van der Waals surface area contributed by atoms with Crippen molar-refractivity contribution in [3.05, 3.63) is 35.1 Å². The van der Waals surface area contributed by atoms with Gasteiger partial charge >= 0.3 is 0 Å². The van der Waals surface area contributed by atoms with Crippen LogP contribution in [-0.4, -0.2) is 16.8 Å². The Kier molecular flexibility index (Phi) is 2.66. The second kappa shape index (κ2) is 4.31. The summed E-state index contributed by atoms with van der Waals surface area (Å²) in [5.41, 5.74) is 1.89. The fraction of sp³-hybridized carbons (Fsp3) is 0.588. The van der Waals surface area contributed by atoms with E-state index in [1.165, 1.54) is 37.8 Å². The molecule has 1 heterocycles. The van der Waals surface area contributed by atoms with Crippen LogP contribution in [0.3, 0.4) is 0 Å². The highest BCUT2D eigenvalue weighted by molar-refractivity contribution is 6.00. The molecule has 1 aromatic carbocycles. The highest BCUT2D eigenvalue weighted by atomic mass is 19.1. The summed E-state index contributed by atoms with van der Waals surface area (Å²) in [5, 5.41) is 8.37. The van der Waals surface area contributed by atoms with Gasteiger partial charge in [0, 0.05) is 18.2 Å². The molecule has 4 unspecified atom stereocenters. The van der Waals surface area contributed by atoms with E-state index >= 15 is 0 Å². The molecule has 4 atom stereocenters. The van der Waals surface area contributed by atoms with Crippen LogP contribution < -0.4 is 0 Å². The van der Waals surface area contributed by atoms with Gasteiger partial charge in [-0.05, 0) is 61.6 Å². The third kappa shape index (κ3) is 1.72. The lowest BCUT2D eigenvalue weighted by Crippen LogP contribution is -2.40. The van der Waals surface area contributed by atoms with Gasteiger partial charge in [0.15, 0.2) is 0 Å². The Morgan fingerprint density at radius 3 is 2.85 bits per heavy atom. The maximum atomic E-state index is 13.4. The van der Waals surface area contributed by atoms with Crippen molar-refractivity contribution in [1.29, 1.82) is 5.41 Å². The van der Waals surface area contributed by atoms with E-state index in [1.54, 1.807) is 0 Å². The molecule has 3 heteroatoms. The molecule has 2 fully saturated rings. The number of nitrogens with zero attached hydrogens (tertiary/aromatic N) is 1. The monoisotopic (exact) mass is 272 g/mol. The van der Waals surface area contributed by atoms with Crippen LogP contribution in [0.15, 0.2) is 18.2 Å². The first-order valence-electron chi connectivity index (χ1n) is 7.77. The van der Waals surface area contributed by atoms with Gasteiger partial charge in [-0.3, -0.25) is 5.41 Å². The van der Waals surface area contributed by atoms with E-state index in [4.69, 9.17) is 5.41 Å². The van der Waals surface area contributed by atoms with Gasteiger partial charge in [0.25, 0.3) is 0 Å². The molecule has 2 saturated carbocycles. The molecular formula is C17H21FN2. The number of hydrogen-bond donors (Lipinski definition) is 1. The molecule has 0 radical (unpaired) electrons. The predicted octanol–water partition coefficient (Wildman–Crippen LogP) is 3.79. The first-order chi connectivity index (χ1) is 9.63. The zero-order valence-corrected chi connectivity index (χ0v) is 11.9. The second-order valence-corrected chi connectivity index (χ2v) is 6.86. The molecule has 2 bridgehead atoms. The van der Waals surface area contributed by atoms with Gasteiger partial charge in [-0.1, -0.05) is 12.5 Å². The zero-order chi connectivity index (χ0) is 13.9. The Hall–Kier alpha value is -1.38. The average molecular weight is 272 g/mol. The molecule has 1 aliphatic heterocycles. The number of rotatable bonds is 2. The standard InChI is InChI=1S/C17H21FN2/c1-10(15-7-11-2-3-12(15)6-11)20-9-13-4-5-14(18)8-16(13)17(20)19/h4-5,8,10-12,15,19H,2-3,6-7,9H2,1H3. The number of amidine groups is 1. The fourth-order valence-electron chi connectivity index (χ4n) is 4.79. The van der Waals surface area contributed by atoms with E-state index in [-0.39, 0.29) is 5.82 Å². The minimum Gasteiger partial charge on any atom is -0.349 e. The fourth-order valence-corrected chi connectivity index (χ4v) is 4.79. The van der Waals surface area contributed by atoms with Gasteiger partial charge in [-0.15, -0.1) is 0 Å². The predicted molar refractivity (Wildman–Crippen MR) is 77.2 cm³/mol. The van der Waals surface area contributed by atoms with Crippen molar-refractivity contribution in [2.24, 2.45) is 17.8 Å². The molecule has 0 aromatic heterocycles. The molecule has 1 N–H and O–H groups in total. The van der Waals surface area contributed by atoms with Crippen molar-refractivity contribution in [3.63, 3.8) is 0 Å². The van der Waals surface area contributed by atoms with Gasteiger partial charge in [0.05, 0.1) is 0 Å². The van der Waals surface area contributed by atoms with E-state index in [0.717, 1.165) is 35.4 Å². The molecule has 2 nitrogen and oxygen atoms in total. The topological polar surface area (TPSA) is 27.1 Å². The van der Waals surface area contributed by atoms with Crippen LogP contribution in [0.1, 0.15) is 43.7 Å². The van der Waals surface area contributed by atoms with Gasteiger partial charge in [-0.25, -0.2) is 4.39 Å².